The number of benzene rings is 1. The minimum Gasteiger partial charge on any atom is -0.398 e. The van der Waals surface area contributed by atoms with Gasteiger partial charge >= 0.3 is 0 Å². The number of primary amides is 1. The zero-order valence-corrected chi connectivity index (χ0v) is 9.69. The number of nitrogens with two attached hydrogens (primary N) is 2. The van der Waals surface area contributed by atoms with Gasteiger partial charge in [-0.1, -0.05) is 31.0 Å². The van der Waals surface area contributed by atoms with E-state index in [4.69, 9.17) is 23.1 Å². The highest BCUT2D eigenvalue weighted by molar-refractivity contribution is 6.35. The molecule has 0 unspecified atom stereocenters. The Hall–Kier alpha value is -1.22. The van der Waals surface area contributed by atoms with E-state index in [1.165, 1.54) is 0 Å². The fourth-order valence-electron chi connectivity index (χ4n) is 1.60. The first-order valence-corrected chi connectivity index (χ1v) is 5.24. The molecule has 82 valence electrons. The van der Waals surface area contributed by atoms with Crippen molar-refractivity contribution in [2.75, 3.05) is 5.73 Å². The first kappa shape index (κ1) is 11.9. The summed E-state index contributed by atoms with van der Waals surface area (Å²) < 4.78 is 0. The topological polar surface area (TPSA) is 69.1 Å². The Labute approximate surface area is 94.4 Å². The van der Waals surface area contributed by atoms with Crippen molar-refractivity contribution in [1.82, 2.24) is 0 Å². The van der Waals surface area contributed by atoms with Crippen LogP contribution < -0.4 is 11.5 Å². The number of rotatable bonds is 3. The molecule has 0 bridgehead atoms. The Kier molecular flexibility index (Phi) is 3.58. The summed E-state index contributed by atoms with van der Waals surface area (Å²) in [6.45, 7) is 3.89. The maximum absolute atomic E-state index is 11.2. The lowest BCUT2D eigenvalue weighted by Crippen LogP contribution is -2.16. The average molecular weight is 227 g/mol. The van der Waals surface area contributed by atoms with Crippen LogP contribution in [0.25, 0.3) is 0 Å². The van der Waals surface area contributed by atoms with Gasteiger partial charge in [0.2, 0.25) is 0 Å². The van der Waals surface area contributed by atoms with Crippen molar-refractivity contribution in [1.29, 1.82) is 0 Å². The lowest BCUT2D eigenvalue weighted by atomic mass is 10.00. The SMILES string of the molecule is CCCc1cc(C)c(Cl)c(C(N)=O)c1N. The summed E-state index contributed by atoms with van der Waals surface area (Å²) in [6.07, 6.45) is 1.79. The van der Waals surface area contributed by atoms with Crippen LogP contribution in [-0.4, -0.2) is 5.91 Å². The van der Waals surface area contributed by atoms with Crippen molar-refractivity contribution in [3.63, 3.8) is 0 Å². The molecule has 1 aromatic carbocycles. The summed E-state index contributed by atoms with van der Waals surface area (Å²) in [6, 6.07) is 1.91. The first-order chi connectivity index (χ1) is 6.99. The number of anilines is 1. The van der Waals surface area contributed by atoms with Crippen LogP contribution in [0, 0.1) is 6.92 Å². The molecule has 3 nitrogen and oxygen atoms in total. The minimum atomic E-state index is -0.571. The number of carbonyl (C=O) groups is 1. The lowest BCUT2D eigenvalue weighted by Gasteiger charge is -2.12. The summed E-state index contributed by atoms with van der Waals surface area (Å²) >= 11 is 5.98. The molecule has 0 aromatic heterocycles. The van der Waals surface area contributed by atoms with E-state index in [0.717, 1.165) is 24.0 Å². The predicted molar refractivity (Wildman–Crippen MR) is 63.1 cm³/mol. The maximum Gasteiger partial charge on any atom is 0.252 e. The number of hydrogen-bond acceptors (Lipinski definition) is 2. The zero-order valence-electron chi connectivity index (χ0n) is 8.93. The summed E-state index contributed by atoms with van der Waals surface area (Å²) in [5.74, 6) is -0.571. The Morgan fingerprint density at radius 1 is 1.53 bits per heavy atom. The van der Waals surface area contributed by atoms with E-state index in [2.05, 4.69) is 0 Å². The number of nitrogen functional groups attached to an aromatic ring is 1. The number of halogens is 1. The molecule has 0 radical (unpaired) electrons. The first-order valence-electron chi connectivity index (χ1n) is 4.86. The quantitative estimate of drug-likeness (QED) is 0.777. The molecule has 4 N–H and O–H groups in total. The van der Waals surface area contributed by atoms with Crippen molar-refractivity contribution < 1.29 is 4.79 Å². The summed E-state index contributed by atoms with van der Waals surface area (Å²) in [4.78, 5) is 11.2. The standard InChI is InChI=1S/C11H15ClN2O/c1-3-4-7-5-6(2)9(12)8(10(7)13)11(14)15/h5H,3-4,13H2,1-2H3,(H2,14,15). The van der Waals surface area contributed by atoms with Crippen LogP contribution in [0.1, 0.15) is 34.8 Å². The summed E-state index contributed by atoms with van der Waals surface area (Å²) in [5.41, 5.74) is 13.5. The van der Waals surface area contributed by atoms with Crippen LogP contribution in [-0.2, 0) is 6.42 Å². The molecule has 0 heterocycles. The van der Waals surface area contributed by atoms with Crippen molar-refractivity contribution in [2.45, 2.75) is 26.7 Å². The second-order valence-electron chi connectivity index (χ2n) is 3.57. The van der Waals surface area contributed by atoms with Gasteiger partial charge in [0.15, 0.2) is 0 Å². The fourth-order valence-corrected chi connectivity index (χ4v) is 1.84. The van der Waals surface area contributed by atoms with Gasteiger partial charge in [0.05, 0.1) is 10.6 Å². The largest absolute Gasteiger partial charge is 0.398 e. The molecular formula is C11H15ClN2O. The van der Waals surface area contributed by atoms with E-state index < -0.39 is 5.91 Å². The van der Waals surface area contributed by atoms with E-state index >= 15 is 0 Å². The predicted octanol–water partition coefficient (Wildman–Crippen LogP) is 2.28. The molecule has 0 aliphatic heterocycles. The molecule has 15 heavy (non-hydrogen) atoms. The Morgan fingerprint density at radius 3 is 2.60 bits per heavy atom. The molecule has 4 heteroatoms. The highest BCUT2D eigenvalue weighted by Crippen LogP contribution is 2.29. The molecule has 1 aromatic rings. The van der Waals surface area contributed by atoms with Gasteiger partial charge in [0.1, 0.15) is 0 Å². The van der Waals surface area contributed by atoms with Gasteiger partial charge in [-0.05, 0) is 24.5 Å². The van der Waals surface area contributed by atoms with Crippen molar-refractivity contribution in [3.8, 4) is 0 Å². The molecule has 1 amide bonds. The smallest absolute Gasteiger partial charge is 0.252 e. The lowest BCUT2D eigenvalue weighted by molar-refractivity contribution is 0.100. The van der Waals surface area contributed by atoms with Gasteiger partial charge in [-0.25, -0.2) is 0 Å². The Bertz CT molecular complexity index is 402. The van der Waals surface area contributed by atoms with Crippen LogP contribution in [0.4, 0.5) is 5.69 Å². The molecule has 0 saturated heterocycles. The van der Waals surface area contributed by atoms with E-state index in [-0.39, 0.29) is 5.56 Å². The molecule has 0 aliphatic rings. The van der Waals surface area contributed by atoms with Gasteiger partial charge in [0.25, 0.3) is 5.91 Å². The van der Waals surface area contributed by atoms with Crippen LogP contribution in [0.3, 0.4) is 0 Å². The monoisotopic (exact) mass is 226 g/mol. The van der Waals surface area contributed by atoms with Crippen LogP contribution in [0.5, 0.6) is 0 Å². The minimum absolute atomic E-state index is 0.250. The van der Waals surface area contributed by atoms with Gasteiger partial charge in [0, 0.05) is 5.69 Å². The second kappa shape index (κ2) is 4.53. The molecule has 1 rings (SSSR count). The van der Waals surface area contributed by atoms with Gasteiger partial charge in [-0.2, -0.15) is 0 Å². The molecule has 0 aliphatic carbocycles. The normalized spacial score (nSPS) is 10.3. The third-order valence-electron chi connectivity index (χ3n) is 2.34. The number of amides is 1. The molecule has 0 atom stereocenters. The Morgan fingerprint density at radius 2 is 2.13 bits per heavy atom. The highest BCUT2D eigenvalue weighted by atomic mass is 35.5. The third-order valence-corrected chi connectivity index (χ3v) is 2.82. The summed E-state index contributed by atoms with van der Waals surface area (Å²) in [7, 11) is 0. The van der Waals surface area contributed by atoms with Crippen molar-refractivity contribution >= 4 is 23.2 Å². The highest BCUT2D eigenvalue weighted by Gasteiger charge is 2.16. The van der Waals surface area contributed by atoms with Gasteiger partial charge in [-0.3, -0.25) is 4.79 Å². The average Bonchev–Trinajstić information content (AvgIpc) is 2.14. The third kappa shape index (κ3) is 2.23. The van der Waals surface area contributed by atoms with Crippen molar-refractivity contribution in [2.24, 2.45) is 5.73 Å². The van der Waals surface area contributed by atoms with Crippen LogP contribution in [0.15, 0.2) is 6.07 Å². The molecular weight excluding hydrogens is 212 g/mol. The fraction of sp³-hybridized carbons (Fsp3) is 0.364. The second-order valence-corrected chi connectivity index (χ2v) is 3.95. The van der Waals surface area contributed by atoms with Gasteiger partial charge in [-0.15, -0.1) is 0 Å². The van der Waals surface area contributed by atoms with E-state index in [9.17, 15) is 4.79 Å². The van der Waals surface area contributed by atoms with Crippen LogP contribution in [0.2, 0.25) is 5.02 Å². The van der Waals surface area contributed by atoms with Crippen LogP contribution >= 0.6 is 11.6 Å². The maximum atomic E-state index is 11.2. The number of aryl methyl sites for hydroxylation is 2. The molecule has 0 saturated carbocycles. The van der Waals surface area contributed by atoms with E-state index in [0.29, 0.717) is 10.7 Å². The van der Waals surface area contributed by atoms with E-state index in [1.807, 2.05) is 19.9 Å². The number of carbonyl (C=O) groups excluding carboxylic acids is 1. The molecule has 0 fully saturated rings. The summed E-state index contributed by atoms with van der Waals surface area (Å²) in [5, 5.41) is 0.361. The zero-order chi connectivity index (χ0) is 11.6. The molecule has 0 spiro atoms. The Balaban J connectivity index is 3.42. The van der Waals surface area contributed by atoms with Gasteiger partial charge < -0.3 is 11.5 Å². The number of hydrogen-bond donors (Lipinski definition) is 2. The van der Waals surface area contributed by atoms with Crippen molar-refractivity contribution in [3.05, 3.63) is 27.8 Å². The van der Waals surface area contributed by atoms with E-state index in [1.54, 1.807) is 0 Å².